The molecular weight excluding hydrogens is 264 g/mol. The minimum absolute atomic E-state index is 0.168. The van der Waals surface area contributed by atoms with Crippen LogP contribution in [-0.4, -0.2) is 25.7 Å². The second-order valence-corrected chi connectivity index (χ2v) is 4.22. The molecule has 0 aliphatic rings. The lowest BCUT2D eigenvalue weighted by Crippen LogP contribution is -2.37. The van der Waals surface area contributed by atoms with Crippen LogP contribution in [0, 0.1) is 6.92 Å². The molecule has 0 aromatic heterocycles. The molecule has 0 unspecified atom stereocenters. The van der Waals surface area contributed by atoms with Crippen molar-refractivity contribution in [2.75, 3.05) is 13.1 Å². The van der Waals surface area contributed by atoms with Gasteiger partial charge in [0.15, 0.2) is 5.96 Å². The number of aliphatic imine (C=N–C) groups is 1. The Kier molecular flexibility index (Phi) is 6.76. The molecule has 1 rings (SSSR count). The Morgan fingerprint density at radius 2 is 1.90 bits per heavy atom. The van der Waals surface area contributed by atoms with E-state index in [2.05, 4.69) is 20.4 Å². The molecule has 6 heteroatoms. The predicted molar refractivity (Wildman–Crippen MR) is 76.3 cm³/mol. The summed E-state index contributed by atoms with van der Waals surface area (Å²) in [6, 6.07) is 5.09. The van der Waals surface area contributed by atoms with Gasteiger partial charge in [-0.2, -0.15) is 8.78 Å². The molecule has 0 amide bonds. The Morgan fingerprint density at radius 3 is 2.45 bits per heavy atom. The number of benzene rings is 1. The normalized spacial score (nSPS) is 10.3. The molecule has 1 aromatic rings. The first-order valence-corrected chi connectivity index (χ1v) is 6.63. The van der Waals surface area contributed by atoms with Gasteiger partial charge >= 0.3 is 6.61 Å². The molecule has 20 heavy (non-hydrogen) atoms. The number of ether oxygens (including phenoxy) is 1. The van der Waals surface area contributed by atoms with E-state index >= 15 is 0 Å². The minimum atomic E-state index is -2.83. The molecule has 0 saturated heterocycles. The number of halogens is 2. The number of alkyl halides is 2. The van der Waals surface area contributed by atoms with Crippen molar-refractivity contribution in [3.8, 4) is 5.75 Å². The minimum Gasteiger partial charge on any atom is -0.434 e. The van der Waals surface area contributed by atoms with E-state index in [1.54, 1.807) is 18.2 Å². The van der Waals surface area contributed by atoms with Gasteiger partial charge in [-0.3, -0.25) is 0 Å². The van der Waals surface area contributed by atoms with Crippen LogP contribution in [0.15, 0.2) is 23.2 Å². The molecule has 1 aromatic carbocycles. The first-order valence-electron chi connectivity index (χ1n) is 6.63. The summed E-state index contributed by atoms with van der Waals surface area (Å²) in [4.78, 5) is 4.35. The molecule has 0 radical (unpaired) electrons. The largest absolute Gasteiger partial charge is 0.434 e. The van der Waals surface area contributed by atoms with Crippen LogP contribution in [0.25, 0.3) is 0 Å². The average molecular weight is 285 g/mol. The molecule has 0 bridgehead atoms. The van der Waals surface area contributed by atoms with Crippen molar-refractivity contribution in [3.63, 3.8) is 0 Å². The number of rotatable bonds is 6. The van der Waals surface area contributed by atoms with Crippen molar-refractivity contribution in [2.45, 2.75) is 33.9 Å². The van der Waals surface area contributed by atoms with Crippen LogP contribution in [0.5, 0.6) is 5.75 Å². The molecule has 4 nitrogen and oxygen atoms in total. The fraction of sp³-hybridized carbons (Fsp3) is 0.500. The molecule has 0 heterocycles. The van der Waals surface area contributed by atoms with Crippen LogP contribution in [0.2, 0.25) is 0 Å². The number of nitrogens with one attached hydrogen (secondary N) is 2. The zero-order valence-electron chi connectivity index (χ0n) is 12.0. The van der Waals surface area contributed by atoms with E-state index in [1.165, 1.54) is 0 Å². The molecular formula is C14H21F2N3O. The SMILES string of the molecule is CCNC(=NCc1cc(C)ccc1OC(F)F)NCC. The van der Waals surface area contributed by atoms with Crippen molar-refractivity contribution in [3.05, 3.63) is 29.3 Å². The maximum absolute atomic E-state index is 12.4. The Hall–Kier alpha value is -1.85. The highest BCUT2D eigenvalue weighted by atomic mass is 19.3. The van der Waals surface area contributed by atoms with Gasteiger partial charge in [-0.25, -0.2) is 4.99 Å². The Labute approximate surface area is 118 Å². The quantitative estimate of drug-likeness (QED) is 0.624. The fourth-order valence-corrected chi connectivity index (χ4v) is 1.72. The van der Waals surface area contributed by atoms with Crippen LogP contribution in [0.4, 0.5) is 8.78 Å². The number of guanidine groups is 1. The zero-order chi connectivity index (χ0) is 15.0. The first kappa shape index (κ1) is 16.2. The predicted octanol–water partition coefficient (Wildman–Crippen LogP) is 2.67. The van der Waals surface area contributed by atoms with E-state index in [0.717, 1.165) is 18.7 Å². The second-order valence-electron chi connectivity index (χ2n) is 4.22. The highest BCUT2D eigenvalue weighted by Gasteiger charge is 2.09. The molecule has 2 N–H and O–H groups in total. The summed E-state index contributed by atoms with van der Waals surface area (Å²) in [5.74, 6) is 0.821. The smallest absolute Gasteiger partial charge is 0.387 e. The van der Waals surface area contributed by atoms with Gasteiger partial charge in [0.05, 0.1) is 6.54 Å². The van der Waals surface area contributed by atoms with E-state index in [0.29, 0.717) is 11.5 Å². The summed E-state index contributed by atoms with van der Waals surface area (Å²) < 4.78 is 29.2. The monoisotopic (exact) mass is 285 g/mol. The van der Waals surface area contributed by atoms with Crippen molar-refractivity contribution < 1.29 is 13.5 Å². The molecule has 112 valence electrons. The van der Waals surface area contributed by atoms with Crippen molar-refractivity contribution in [1.82, 2.24) is 10.6 Å². The van der Waals surface area contributed by atoms with Crippen LogP contribution < -0.4 is 15.4 Å². The zero-order valence-corrected chi connectivity index (χ0v) is 12.0. The van der Waals surface area contributed by atoms with Crippen molar-refractivity contribution in [2.24, 2.45) is 4.99 Å². The molecule has 0 saturated carbocycles. The molecule has 0 spiro atoms. The van der Waals surface area contributed by atoms with E-state index in [9.17, 15) is 8.78 Å². The van der Waals surface area contributed by atoms with E-state index in [1.807, 2.05) is 20.8 Å². The highest BCUT2D eigenvalue weighted by Crippen LogP contribution is 2.22. The van der Waals surface area contributed by atoms with E-state index in [4.69, 9.17) is 0 Å². The van der Waals surface area contributed by atoms with Crippen LogP contribution >= 0.6 is 0 Å². The van der Waals surface area contributed by atoms with E-state index < -0.39 is 6.61 Å². The maximum atomic E-state index is 12.4. The van der Waals surface area contributed by atoms with Gasteiger partial charge in [-0.05, 0) is 26.8 Å². The van der Waals surface area contributed by atoms with Gasteiger partial charge in [-0.15, -0.1) is 0 Å². The maximum Gasteiger partial charge on any atom is 0.387 e. The lowest BCUT2D eigenvalue weighted by molar-refractivity contribution is -0.0504. The number of hydrogen-bond acceptors (Lipinski definition) is 2. The standard InChI is InChI=1S/C14H21F2N3O/c1-4-17-14(18-5-2)19-9-11-8-10(3)6-7-12(11)20-13(15)16/h6-8,13H,4-5,9H2,1-3H3,(H2,17,18,19). The number of nitrogens with zero attached hydrogens (tertiary/aromatic N) is 1. The summed E-state index contributed by atoms with van der Waals surface area (Å²) in [6.45, 7) is 4.74. The third-order valence-corrected chi connectivity index (χ3v) is 2.53. The second kappa shape index (κ2) is 8.35. The third kappa shape index (κ3) is 5.42. The third-order valence-electron chi connectivity index (χ3n) is 2.53. The Morgan fingerprint density at radius 1 is 1.25 bits per heavy atom. The summed E-state index contributed by atoms with van der Waals surface area (Å²) in [6.07, 6.45) is 0. The summed E-state index contributed by atoms with van der Waals surface area (Å²) in [5, 5.41) is 6.16. The van der Waals surface area contributed by atoms with Crippen molar-refractivity contribution in [1.29, 1.82) is 0 Å². The summed E-state index contributed by atoms with van der Waals surface area (Å²) >= 11 is 0. The van der Waals surface area contributed by atoms with Crippen LogP contribution in [-0.2, 0) is 6.54 Å². The first-order chi connectivity index (χ1) is 9.56. The Bertz CT molecular complexity index is 442. The van der Waals surface area contributed by atoms with Gasteiger partial charge in [0.1, 0.15) is 5.75 Å². The average Bonchev–Trinajstić information content (AvgIpc) is 2.39. The fourth-order valence-electron chi connectivity index (χ4n) is 1.72. The van der Waals surface area contributed by atoms with E-state index in [-0.39, 0.29) is 12.3 Å². The number of aryl methyl sites for hydroxylation is 1. The molecule has 0 aliphatic heterocycles. The highest BCUT2D eigenvalue weighted by molar-refractivity contribution is 5.79. The summed E-state index contributed by atoms with van der Waals surface area (Å²) in [5.41, 5.74) is 1.61. The molecule has 0 atom stereocenters. The lowest BCUT2D eigenvalue weighted by atomic mass is 10.1. The molecule has 0 fully saturated rings. The van der Waals surface area contributed by atoms with Gasteiger partial charge in [0.25, 0.3) is 0 Å². The number of hydrogen-bond donors (Lipinski definition) is 2. The topological polar surface area (TPSA) is 45.7 Å². The van der Waals surface area contributed by atoms with Gasteiger partial charge in [-0.1, -0.05) is 17.7 Å². The molecule has 0 aliphatic carbocycles. The van der Waals surface area contributed by atoms with Crippen LogP contribution in [0.1, 0.15) is 25.0 Å². The lowest BCUT2D eigenvalue weighted by Gasteiger charge is -2.12. The van der Waals surface area contributed by atoms with Gasteiger partial charge in [0, 0.05) is 18.7 Å². The summed E-state index contributed by atoms with van der Waals surface area (Å²) in [7, 11) is 0. The van der Waals surface area contributed by atoms with Crippen molar-refractivity contribution >= 4 is 5.96 Å². The van der Waals surface area contributed by atoms with Gasteiger partial charge in [0.2, 0.25) is 0 Å². The van der Waals surface area contributed by atoms with Gasteiger partial charge < -0.3 is 15.4 Å². The van der Waals surface area contributed by atoms with Crippen LogP contribution in [0.3, 0.4) is 0 Å². The Balaban J connectivity index is 2.88.